The summed E-state index contributed by atoms with van der Waals surface area (Å²) in [6.45, 7) is 9.06. The van der Waals surface area contributed by atoms with Crippen LogP contribution in [-0.2, 0) is 19.1 Å². The smallest absolute Gasteiger partial charge is 0.465 e. The molecule has 122 valence electrons. The highest BCUT2D eigenvalue weighted by atomic mass is 16.7. The maximum absolute atomic E-state index is 12.1. The van der Waals surface area contributed by atoms with Crippen LogP contribution in [0.25, 0.3) is 0 Å². The summed E-state index contributed by atoms with van der Waals surface area (Å²) in [5.74, 6) is -1.23. The first-order valence-electron chi connectivity index (χ1n) is 7.21. The average molecular weight is 302 g/mol. The number of esters is 2. The second-order valence-corrected chi connectivity index (χ2v) is 6.12. The summed E-state index contributed by atoms with van der Waals surface area (Å²) in [5, 5.41) is 8.56. The molecule has 21 heavy (non-hydrogen) atoms. The van der Waals surface area contributed by atoms with E-state index < -0.39 is 28.9 Å². The first-order valence-corrected chi connectivity index (χ1v) is 7.21. The fourth-order valence-corrected chi connectivity index (χ4v) is 2.10. The average Bonchev–Trinajstić information content (AvgIpc) is 2.37. The van der Waals surface area contributed by atoms with Gasteiger partial charge in [-0.3, -0.25) is 9.59 Å². The normalized spacial score (nSPS) is 14.1. The number of hydrogen-bond acceptors (Lipinski definition) is 5. The highest BCUT2D eigenvalue weighted by molar-refractivity contribution is 5.86. The maximum atomic E-state index is 12.1. The van der Waals surface area contributed by atoms with Gasteiger partial charge in [0.15, 0.2) is 0 Å². The first kappa shape index (κ1) is 19.4. The third kappa shape index (κ3) is 6.14. The minimum atomic E-state index is -1.64. The molecule has 0 aromatic carbocycles. The van der Waals surface area contributed by atoms with E-state index in [2.05, 4.69) is 4.74 Å². The van der Waals surface area contributed by atoms with Gasteiger partial charge in [-0.1, -0.05) is 20.3 Å². The first-order chi connectivity index (χ1) is 9.59. The van der Waals surface area contributed by atoms with E-state index in [9.17, 15) is 14.4 Å². The van der Waals surface area contributed by atoms with Crippen molar-refractivity contribution in [2.45, 2.75) is 60.3 Å². The van der Waals surface area contributed by atoms with Gasteiger partial charge in [-0.05, 0) is 40.0 Å². The molecule has 1 N–H and O–H groups in total. The third-order valence-electron chi connectivity index (χ3n) is 3.57. The summed E-state index contributed by atoms with van der Waals surface area (Å²) in [4.78, 5) is 34.5. The van der Waals surface area contributed by atoms with Crippen molar-refractivity contribution in [3.63, 3.8) is 0 Å². The van der Waals surface area contributed by atoms with Crippen LogP contribution in [-0.4, -0.2) is 29.8 Å². The fourth-order valence-electron chi connectivity index (χ4n) is 2.10. The number of ether oxygens (including phenoxy) is 2. The number of carbonyl (C=O) groups is 3. The van der Waals surface area contributed by atoms with Crippen molar-refractivity contribution in [2.24, 2.45) is 10.8 Å². The second kappa shape index (κ2) is 8.00. The molecule has 0 aliphatic rings. The molecule has 1 atom stereocenters. The Kier molecular flexibility index (Phi) is 7.39. The molecular formula is C15H26O6. The van der Waals surface area contributed by atoms with Crippen molar-refractivity contribution < 1.29 is 29.0 Å². The minimum Gasteiger partial charge on any atom is -0.465 e. The maximum Gasteiger partial charge on any atom is 0.513 e. The Morgan fingerprint density at radius 1 is 1.05 bits per heavy atom. The van der Waals surface area contributed by atoms with E-state index in [0.717, 1.165) is 12.8 Å². The summed E-state index contributed by atoms with van der Waals surface area (Å²) in [5.41, 5.74) is -1.94. The van der Waals surface area contributed by atoms with Crippen molar-refractivity contribution in [1.29, 1.82) is 0 Å². The van der Waals surface area contributed by atoms with Gasteiger partial charge < -0.3 is 14.6 Å². The van der Waals surface area contributed by atoms with E-state index >= 15 is 0 Å². The van der Waals surface area contributed by atoms with Crippen LogP contribution in [0.2, 0.25) is 0 Å². The largest absolute Gasteiger partial charge is 0.513 e. The van der Waals surface area contributed by atoms with Crippen molar-refractivity contribution in [3.8, 4) is 0 Å². The molecule has 6 heteroatoms. The quantitative estimate of drug-likeness (QED) is 0.420. The molecule has 0 aliphatic heterocycles. The van der Waals surface area contributed by atoms with Crippen LogP contribution in [0, 0.1) is 10.8 Å². The molecule has 1 unspecified atom stereocenters. The highest BCUT2D eigenvalue weighted by Gasteiger charge is 2.43. The Hall–Kier alpha value is -1.59. The fraction of sp³-hybridized carbons (Fsp3) is 0.800. The Morgan fingerprint density at radius 3 is 2.05 bits per heavy atom. The minimum absolute atomic E-state index is 0.160. The van der Waals surface area contributed by atoms with Crippen LogP contribution in [0.1, 0.15) is 60.3 Å². The standard InChI is InChI=1S/C15H26O6/c1-6-8-9-20-11(16)14(3,4)10-15(5,7-2)12(17)21-13(18)19/h6-10H2,1-5H3,(H,18,19). The van der Waals surface area contributed by atoms with Gasteiger partial charge in [0, 0.05) is 0 Å². The summed E-state index contributed by atoms with van der Waals surface area (Å²) in [7, 11) is 0. The third-order valence-corrected chi connectivity index (χ3v) is 3.57. The Morgan fingerprint density at radius 2 is 1.62 bits per heavy atom. The van der Waals surface area contributed by atoms with Crippen LogP contribution >= 0.6 is 0 Å². The molecule has 0 saturated carbocycles. The summed E-state index contributed by atoms with van der Waals surface area (Å²) in [6.07, 6.45) is 0.598. The monoisotopic (exact) mass is 302 g/mol. The lowest BCUT2D eigenvalue weighted by atomic mass is 9.72. The molecule has 0 bridgehead atoms. The van der Waals surface area contributed by atoms with Crippen LogP contribution in [0.5, 0.6) is 0 Å². The molecule has 0 aromatic heterocycles. The predicted molar refractivity (Wildman–Crippen MR) is 76.8 cm³/mol. The van der Waals surface area contributed by atoms with Crippen LogP contribution in [0.4, 0.5) is 4.79 Å². The van der Waals surface area contributed by atoms with Crippen molar-refractivity contribution >= 4 is 18.1 Å². The van der Waals surface area contributed by atoms with E-state index in [4.69, 9.17) is 9.84 Å². The van der Waals surface area contributed by atoms with Crippen LogP contribution in [0.15, 0.2) is 0 Å². The molecule has 0 spiro atoms. The zero-order valence-corrected chi connectivity index (χ0v) is 13.5. The van der Waals surface area contributed by atoms with Gasteiger partial charge in [0.1, 0.15) is 0 Å². The lowest BCUT2D eigenvalue weighted by Gasteiger charge is -2.33. The SMILES string of the molecule is CCCCOC(=O)C(C)(C)CC(C)(CC)C(=O)OC(=O)O. The lowest BCUT2D eigenvalue weighted by molar-refractivity contribution is -0.160. The summed E-state index contributed by atoms with van der Waals surface area (Å²) < 4.78 is 9.45. The zero-order valence-electron chi connectivity index (χ0n) is 13.5. The molecule has 0 heterocycles. The second-order valence-electron chi connectivity index (χ2n) is 6.12. The van der Waals surface area contributed by atoms with Gasteiger partial charge in [0.25, 0.3) is 0 Å². The van der Waals surface area contributed by atoms with E-state index in [1.807, 2.05) is 6.92 Å². The van der Waals surface area contributed by atoms with Crippen molar-refractivity contribution in [2.75, 3.05) is 6.61 Å². The summed E-state index contributed by atoms with van der Waals surface area (Å²) in [6, 6.07) is 0. The van der Waals surface area contributed by atoms with Gasteiger partial charge in [0.05, 0.1) is 17.4 Å². The molecule has 0 amide bonds. The van der Waals surface area contributed by atoms with Gasteiger partial charge >= 0.3 is 18.1 Å². The number of carbonyl (C=O) groups excluding carboxylic acids is 2. The van der Waals surface area contributed by atoms with Gasteiger partial charge in [-0.15, -0.1) is 0 Å². The molecule has 0 aliphatic carbocycles. The number of unbranched alkanes of at least 4 members (excludes halogenated alkanes) is 1. The van der Waals surface area contributed by atoms with Crippen molar-refractivity contribution in [3.05, 3.63) is 0 Å². The van der Waals surface area contributed by atoms with Crippen molar-refractivity contribution in [1.82, 2.24) is 0 Å². The van der Waals surface area contributed by atoms with E-state index in [1.54, 1.807) is 27.7 Å². The zero-order chi connectivity index (χ0) is 16.7. The Bertz CT molecular complexity index is 388. The van der Waals surface area contributed by atoms with Gasteiger partial charge in [-0.2, -0.15) is 0 Å². The predicted octanol–water partition coefficient (Wildman–Crippen LogP) is 3.38. The molecule has 0 saturated heterocycles. The molecule has 0 rings (SSSR count). The molecule has 0 radical (unpaired) electrons. The molecule has 0 fully saturated rings. The van der Waals surface area contributed by atoms with Gasteiger partial charge in [-0.25, -0.2) is 4.79 Å². The molecule has 0 aromatic rings. The molecular weight excluding hydrogens is 276 g/mol. The van der Waals surface area contributed by atoms with E-state index in [1.165, 1.54) is 0 Å². The Labute approximate surface area is 125 Å². The van der Waals surface area contributed by atoms with Crippen LogP contribution in [0.3, 0.4) is 0 Å². The topological polar surface area (TPSA) is 89.9 Å². The molecule has 6 nitrogen and oxygen atoms in total. The van der Waals surface area contributed by atoms with E-state index in [-0.39, 0.29) is 6.42 Å². The van der Waals surface area contributed by atoms with E-state index in [0.29, 0.717) is 13.0 Å². The number of carboxylic acid groups (broad SMARTS) is 1. The van der Waals surface area contributed by atoms with Crippen LogP contribution < -0.4 is 0 Å². The number of hydrogen-bond donors (Lipinski definition) is 1. The van der Waals surface area contributed by atoms with Gasteiger partial charge in [0.2, 0.25) is 0 Å². The number of rotatable bonds is 8. The summed E-state index contributed by atoms with van der Waals surface area (Å²) >= 11 is 0. The highest BCUT2D eigenvalue weighted by Crippen LogP contribution is 2.38. The lowest BCUT2D eigenvalue weighted by Crippen LogP contribution is -2.39. The Balaban J connectivity index is 4.87.